The van der Waals surface area contributed by atoms with Crippen LogP contribution in [0, 0.1) is 23.7 Å². The van der Waals surface area contributed by atoms with Crippen molar-refractivity contribution in [3.63, 3.8) is 0 Å². The number of carboxylic acids is 1. The zero-order valence-corrected chi connectivity index (χ0v) is 10.5. The van der Waals surface area contributed by atoms with Crippen molar-refractivity contribution < 1.29 is 14.7 Å². The fourth-order valence-electron chi connectivity index (χ4n) is 2.53. The summed E-state index contributed by atoms with van der Waals surface area (Å²) in [5.41, 5.74) is 0. The van der Waals surface area contributed by atoms with Gasteiger partial charge >= 0.3 is 5.97 Å². The summed E-state index contributed by atoms with van der Waals surface area (Å²) < 4.78 is 0. The van der Waals surface area contributed by atoms with Crippen LogP contribution in [0.1, 0.15) is 39.5 Å². The Morgan fingerprint density at radius 1 is 1.35 bits per heavy atom. The molecule has 4 heteroatoms. The molecule has 2 aliphatic carbocycles. The van der Waals surface area contributed by atoms with Crippen LogP contribution in [0.4, 0.5) is 0 Å². The van der Waals surface area contributed by atoms with Gasteiger partial charge in [-0.25, -0.2) is 4.79 Å². The Bertz CT molecular complexity index is 323. The summed E-state index contributed by atoms with van der Waals surface area (Å²) in [7, 11) is 0. The normalized spacial score (nSPS) is 28.9. The van der Waals surface area contributed by atoms with Crippen LogP contribution in [0.5, 0.6) is 0 Å². The van der Waals surface area contributed by atoms with E-state index < -0.39 is 12.0 Å². The summed E-state index contributed by atoms with van der Waals surface area (Å²) in [6.07, 6.45) is 3.97. The molecule has 17 heavy (non-hydrogen) atoms. The van der Waals surface area contributed by atoms with Crippen LogP contribution < -0.4 is 5.32 Å². The van der Waals surface area contributed by atoms with Crippen LogP contribution in [0.2, 0.25) is 0 Å². The molecule has 0 aromatic carbocycles. The van der Waals surface area contributed by atoms with Crippen molar-refractivity contribution in [1.82, 2.24) is 5.32 Å². The number of nitrogens with one attached hydrogen (secondary N) is 1. The highest BCUT2D eigenvalue weighted by Gasteiger charge is 2.51. The predicted molar refractivity (Wildman–Crippen MR) is 63.3 cm³/mol. The largest absolute Gasteiger partial charge is 0.480 e. The Hall–Kier alpha value is -1.06. The first kappa shape index (κ1) is 12.4. The molecule has 4 nitrogen and oxygen atoms in total. The number of rotatable bonds is 6. The Labute approximate surface area is 102 Å². The number of carbonyl (C=O) groups is 2. The van der Waals surface area contributed by atoms with Crippen molar-refractivity contribution >= 4 is 11.9 Å². The molecule has 3 atom stereocenters. The second-order valence-corrected chi connectivity index (χ2v) is 5.87. The van der Waals surface area contributed by atoms with E-state index in [4.69, 9.17) is 5.11 Å². The van der Waals surface area contributed by atoms with Crippen molar-refractivity contribution in [2.24, 2.45) is 23.7 Å². The van der Waals surface area contributed by atoms with Gasteiger partial charge in [0.2, 0.25) is 5.91 Å². The molecule has 0 saturated heterocycles. The van der Waals surface area contributed by atoms with E-state index in [-0.39, 0.29) is 17.7 Å². The monoisotopic (exact) mass is 239 g/mol. The van der Waals surface area contributed by atoms with Crippen LogP contribution in [-0.4, -0.2) is 23.0 Å². The maximum atomic E-state index is 11.9. The zero-order valence-electron chi connectivity index (χ0n) is 10.5. The van der Waals surface area contributed by atoms with E-state index in [1.54, 1.807) is 0 Å². The first-order chi connectivity index (χ1) is 7.99. The van der Waals surface area contributed by atoms with Crippen LogP contribution in [0.25, 0.3) is 0 Å². The quantitative estimate of drug-likeness (QED) is 0.740. The topological polar surface area (TPSA) is 66.4 Å². The summed E-state index contributed by atoms with van der Waals surface area (Å²) >= 11 is 0. The average Bonchev–Trinajstić information content (AvgIpc) is 3.06. The number of carbonyl (C=O) groups excluding carboxylic acids is 1. The molecule has 2 N–H and O–H groups in total. The molecular formula is C13H21NO3. The molecule has 0 aliphatic heterocycles. The van der Waals surface area contributed by atoms with E-state index in [9.17, 15) is 9.59 Å². The molecule has 0 heterocycles. The van der Waals surface area contributed by atoms with Crippen molar-refractivity contribution in [1.29, 1.82) is 0 Å². The Morgan fingerprint density at radius 2 is 2.00 bits per heavy atom. The fraction of sp³-hybridized carbons (Fsp3) is 0.846. The first-order valence-electron chi connectivity index (χ1n) is 6.52. The smallest absolute Gasteiger partial charge is 0.326 e. The molecule has 0 aromatic heterocycles. The van der Waals surface area contributed by atoms with Gasteiger partial charge < -0.3 is 10.4 Å². The number of hydrogen-bond acceptors (Lipinski definition) is 2. The van der Waals surface area contributed by atoms with Crippen LogP contribution >= 0.6 is 0 Å². The van der Waals surface area contributed by atoms with Gasteiger partial charge in [0.1, 0.15) is 6.04 Å². The molecular weight excluding hydrogens is 218 g/mol. The predicted octanol–water partition coefficient (Wildman–Crippen LogP) is 1.65. The second kappa shape index (κ2) is 4.67. The van der Waals surface area contributed by atoms with Gasteiger partial charge in [0.15, 0.2) is 0 Å². The summed E-state index contributed by atoms with van der Waals surface area (Å²) in [5.74, 6) is 0.694. The summed E-state index contributed by atoms with van der Waals surface area (Å²) in [6.45, 7) is 3.93. The SMILES string of the molecule is CC(C)C[C@H](NC(=O)C1CC1C1CC1)C(=O)O. The van der Waals surface area contributed by atoms with Gasteiger partial charge in [-0.2, -0.15) is 0 Å². The summed E-state index contributed by atoms with van der Waals surface area (Å²) in [5, 5.41) is 11.7. The van der Waals surface area contributed by atoms with Crippen LogP contribution in [0.15, 0.2) is 0 Å². The third kappa shape index (κ3) is 3.20. The minimum absolute atomic E-state index is 0.0463. The minimum Gasteiger partial charge on any atom is -0.480 e. The first-order valence-corrected chi connectivity index (χ1v) is 6.52. The molecule has 2 rings (SSSR count). The molecule has 2 saturated carbocycles. The van der Waals surface area contributed by atoms with E-state index in [0.717, 1.165) is 12.3 Å². The lowest BCUT2D eigenvalue weighted by molar-refractivity contribution is -0.142. The molecule has 96 valence electrons. The fourth-order valence-corrected chi connectivity index (χ4v) is 2.53. The third-order valence-electron chi connectivity index (χ3n) is 3.73. The van der Waals surface area contributed by atoms with E-state index >= 15 is 0 Å². The Balaban J connectivity index is 1.81. The van der Waals surface area contributed by atoms with Gasteiger partial charge in [-0.1, -0.05) is 13.8 Å². The molecule has 0 radical (unpaired) electrons. The van der Waals surface area contributed by atoms with Gasteiger partial charge in [-0.05, 0) is 43.4 Å². The molecule has 2 unspecified atom stereocenters. The van der Waals surface area contributed by atoms with Crippen LogP contribution in [-0.2, 0) is 9.59 Å². The average molecular weight is 239 g/mol. The summed E-state index contributed by atoms with van der Waals surface area (Å²) in [4.78, 5) is 22.9. The molecule has 0 aromatic rings. The van der Waals surface area contributed by atoms with Crippen molar-refractivity contribution in [2.45, 2.75) is 45.6 Å². The van der Waals surface area contributed by atoms with E-state index in [1.165, 1.54) is 12.8 Å². The van der Waals surface area contributed by atoms with Crippen molar-refractivity contribution in [2.75, 3.05) is 0 Å². The number of amides is 1. The van der Waals surface area contributed by atoms with Gasteiger partial charge in [0, 0.05) is 5.92 Å². The number of carboxylic acid groups (broad SMARTS) is 1. The Kier molecular flexibility index (Phi) is 3.40. The maximum Gasteiger partial charge on any atom is 0.326 e. The third-order valence-corrected chi connectivity index (χ3v) is 3.73. The summed E-state index contributed by atoms with van der Waals surface area (Å²) in [6, 6.07) is -0.719. The highest BCUT2D eigenvalue weighted by molar-refractivity contribution is 5.86. The van der Waals surface area contributed by atoms with Crippen LogP contribution in [0.3, 0.4) is 0 Å². The highest BCUT2D eigenvalue weighted by Crippen LogP contribution is 2.54. The van der Waals surface area contributed by atoms with Gasteiger partial charge in [-0.15, -0.1) is 0 Å². The van der Waals surface area contributed by atoms with Gasteiger partial charge in [0.05, 0.1) is 0 Å². The molecule has 2 fully saturated rings. The molecule has 2 aliphatic rings. The standard InChI is InChI=1S/C13H21NO3/c1-7(2)5-11(13(16)17)14-12(15)10-6-9(10)8-3-4-8/h7-11H,3-6H2,1-2H3,(H,14,15)(H,16,17)/t9?,10?,11-/m0/s1. The van der Waals surface area contributed by atoms with E-state index in [1.807, 2.05) is 13.8 Å². The van der Waals surface area contributed by atoms with Gasteiger partial charge in [0.25, 0.3) is 0 Å². The maximum absolute atomic E-state index is 11.9. The lowest BCUT2D eigenvalue weighted by Crippen LogP contribution is -2.42. The zero-order chi connectivity index (χ0) is 12.6. The van der Waals surface area contributed by atoms with Gasteiger partial charge in [-0.3, -0.25) is 4.79 Å². The Morgan fingerprint density at radius 3 is 2.47 bits per heavy atom. The lowest BCUT2D eigenvalue weighted by atomic mass is 10.0. The van der Waals surface area contributed by atoms with Crippen molar-refractivity contribution in [3.05, 3.63) is 0 Å². The highest BCUT2D eigenvalue weighted by atomic mass is 16.4. The molecule has 0 bridgehead atoms. The van der Waals surface area contributed by atoms with E-state index in [2.05, 4.69) is 5.32 Å². The molecule has 1 amide bonds. The lowest BCUT2D eigenvalue weighted by Gasteiger charge is -2.16. The molecule has 0 spiro atoms. The number of hydrogen-bond donors (Lipinski definition) is 2. The van der Waals surface area contributed by atoms with Crippen molar-refractivity contribution in [3.8, 4) is 0 Å². The second-order valence-electron chi connectivity index (χ2n) is 5.87. The number of aliphatic carboxylic acids is 1. The van der Waals surface area contributed by atoms with E-state index in [0.29, 0.717) is 12.3 Å². The minimum atomic E-state index is -0.921.